The molecule has 2 aliphatic rings. The summed E-state index contributed by atoms with van der Waals surface area (Å²) in [5, 5.41) is 0. The Bertz CT molecular complexity index is 151. The van der Waals surface area contributed by atoms with Gasteiger partial charge in [0.1, 0.15) is 0 Å². The molecule has 0 aromatic heterocycles. The summed E-state index contributed by atoms with van der Waals surface area (Å²) in [5.74, 6) is 1.97. The average molecular weight is 266 g/mol. The van der Waals surface area contributed by atoms with Crippen LogP contribution in [-0.4, -0.2) is 41.2 Å². The molecule has 2 aliphatic heterocycles. The van der Waals surface area contributed by atoms with E-state index in [1.165, 1.54) is 32.6 Å². The first kappa shape index (κ1) is 8.26. The first-order valence-electron chi connectivity index (χ1n) is 4.35. The van der Waals surface area contributed by atoms with Crippen molar-refractivity contribution in [2.45, 2.75) is 6.42 Å². The molecule has 2 fully saturated rings. The lowest BCUT2D eigenvalue weighted by Gasteiger charge is -2.29. The first-order chi connectivity index (χ1) is 5.25. The molecule has 3 heteroatoms. The highest BCUT2D eigenvalue weighted by molar-refractivity contribution is 14.1. The van der Waals surface area contributed by atoms with E-state index in [-0.39, 0.29) is 0 Å². The van der Waals surface area contributed by atoms with Gasteiger partial charge in [-0.15, -0.1) is 0 Å². The topological polar surface area (TPSA) is 6.48 Å². The fraction of sp³-hybridized carbons (Fsp3) is 1.00. The van der Waals surface area contributed by atoms with E-state index in [0.717, 1.165) is 11.8 Å². The van der Waals surface area contributed by atoms with Crippen molar-refractivity contribution in [1.82, 2.24) is 8.01 Å². The van der Waals surface area contributed by atoms with Crippen molar-refractivity contribution in [2.75, 3.05) is 33.2 Å². The summed E-state index contributed by atoms with van der Waals surface area (Å²) in [4.78, 5) is 2.48. The minimum atomic E-state index is 0.964. The third kappa shape index (κ3) is 1.70. The first-order valence-corrected chi connectivity index (χ1v) is 5.31. The fourth-order valence-electron chi connectivity index (χ4n) is 2.36. The van der Waals surface area contributed by atoms with Gasteiger partial charge in [0, 0.05) is 49.0 Å². The number of likely N-dealkylation sites (tertiary alicyclic amines) is 1. The number of fused-ring (bicyclic) bond motifs is 1. The summed E-state index contributed by atoms with van der Waals surface area (Å²) < 4.78 is 2.44. The maximum atomic E-state index is 2.48. The zero-order chi connectivity index (χ0) is 7.84. The largest absolute Gasteiger partial charge is 0.306 e. The van der Waals surface area contributed by atoms with Crippen LogP contribution in [0.4, 0.5) is 0 Å². The second-order valence-corrected chi connectivity index (χ2v) is 5.26. The smallest absolute Gasteiger partial charge is 0.0201 e. The number of hydrogen-bond acceptors (Lipinski definition) is 2. The lowest BCUT2D eigenvalue weighted by molar-refractivity contribution is 0.257. The van der Waals surface area contributed by atoms with E-state index in [4.69, 9.17) is 0 Å². The molecule has 0 aliphatic carbocycles. The van der Waals surface area contributed by atoms with Gasteiger partial charge in [0.2, 0.25) is 0 Å². The Morgan fingerprint density at radius 3 is 2.73 bits per heavy atom. The monoisotopic (exact) mass is 266 g/mol. The Kier molecular flexibility index (Phi) is 2.39. The number of halogens is 1. The van der Waals surface area contributed by atoms with Crippen LogP contribution in [0.3, 0.4) is 0 Å². The Hall–Kier alpha value is 0.650. The van der Waals surface area contributed by atoms with E-state index in [2.05, 4.69) is 37.9 Å². The van der Waals surface area contributed by atoms with Gasteiger partial charge in [0.05, 0.1) is 0 Å². The molecular weight excluding hydrogens is 251 g/mol. The van der Waals surface area contributed by atoms with Crippen LogP contribution in [-0.2, 0) is 0 Å². The molecule has 0 saturated carbocycles. The van der Waals surface area contributed by atoms with Crippen molar-refractivity contribution >= 4 is 22.9 Å². The minimum Gasteiger partial charge on any atom is -0.306 e. The van der Waals surface area contributed by atoms with Crippen LogP contribution in [0.5, 0.6) is 0 Å². The summed E-state index contributed by atoms with van der Waals surface area (Å²) in [6, 6.07) is 0. The molecule has 2 saturated heterocycles. The molecule has 2 unspecified atom stereocenters. The predicted molar refractivity (Wildman–Crippen MR) is 54.7 cm³/mol. The van der Waals surface area contributed by atoms with Crippen LogP contribution in [0, 0.1) is 11.8 Å². The second kappa shape index (κ2) is 3.18. The maximum Gasteiger partial charge on any atom is 0.0201 e. The zero-order valence-electron chi connectivity index (χ0n) is 6.96. The maximum absolute atomic E-state index is 2.48. The van der Waals surface area contributed by atoms with Crippen LogP contribution in [0.1, 0.15) is 6.42 Å². The van der Waals surface area contributed by atoms with E-state index in [9.17, 15) is 0 Å². The zero-order valence-corrected chi connectivity index (χ0v) is 9.12. The van der Waals surface area contributed by atoms with Crippen molar-refractivity contribution in [3.05, 3.63) is 0 Å². The molecule has 2 nitrogen and oxygen atoms in total. The van der Waals surface area contributed by atoms with E-state index in [1.807, 2.05) is 0 Å². The van der Waals surface area contributed by atoms with Crippen LogP contribution in [0.2, 0.25) is 0 Å². The summed E-state index contributed by atoms with van der Waals surface area (Å²) in [7, 11) is 2.25. The Labute approximate surface area is 82.4 Å². The van der Waals surface area contributed by atoms with E-state index < -0.39 is 0 Å². The molecule has 2 heterocycles. The van der Waals surface area contributed by atoms with Gasteiger partial charge in [0.15, 0.2) is 0 Å². The van der Waals surface area contributed by atoms with Gasteiger partial charge in [-0.3, -0.25) is 0 Å². The highest BCUT2D eigenvalue weighted by Gasteiger charge is 2.34. The lowest BCUT2D eigenvalue weighted by atomic mass is 9.90. The molecule has 64 valence electrons. The van der Waals surface area contributed by atoms with Crippen molar-refractivity contribution in [3.8, 4) is 0 Å². The lowest BCUT2D eigenvalue weighted by Crippen LogP contribution is -2.33. The van der Waals surface area contributed by atoms with Gasteiger partial charge < -0.3 is 4.90 Å². The SMILES string of the molecule is CN1CC2CCN(I)CC2C1. The van der Waals surface area contributed by atoms with Crippen molar-refractivity contribution < 1.29 is 0 Å². The second-order valence-electron chi connectivity index (χ2n) is 3.90. The molecule has 0 N–H and O–H groups in total. The standard InChI is InChI=1S/C8H15IN2/c1-10-4-7-2-3-11(9)6-8(7)5-10/h7-8H,2-6H2,1H3. The molecule has 0 spiro atoms. The van der Waals surface area contributed by atoms with Crippen LogP contribution >= 0.6 is 22.9 Å². The van der Waals surface area contributed by atoms with E-state index >= 15 is 0 Å². The van der Waals surface area contributed by atoms with E-state index in [0.29, 0.717) is 0 Å². The molecule has 0 aromatic rings. The summed E-state index contributed by atoms with van der Waals surface area (Å²) in [6.45, 7) is 5.28. The van der Waals surface area contributed by atoms with Gasteiger partial charge in [0.25, 0.3) is 0 Å². The molecule has 0 amide bonds. The molecule has 2 atom stereocenters. The van der Waals surface area contributed by atoms with Gasteiger partial charge in [-0.05, 0) is 25.3 Å². The predicted octanol–water partition coefficient (Wildman–Crippen LogP) is 1.22. The van der Waals surface area contributed by atoms with Crippen molar-refractivity contribution in [1.29, 1.82) is 0 Å². The highest BCUT2D eigenvalue weighted by Crippen LogP contribution is 2.31. The van der Waals surface area contributed by atoms with Crippen LogP contribution in [0.15, 0.2) is 0 Å². The Morgan fingerprint density at radius 1 is 1.18 bits per heavy atom. The summed E-state index contributed by atoms with van der Waals surface area (Å²) in [6.07, 6.45) is 1.41. The summed E-state index contributed by atoms with van der Waals surface area (Å²) in [5.41, 5.74) is 0. The number of hydrogen-bond donors (Lipinski definition) is 0. The van der Waals surface area contributed by atoms with Gasteiger partial charge in [-0.2, -0.15) is 0 Å². The Morgan fingerprint density at radius 2 is 1.91 bits per heavy atom. The quantitative estimate of drug-likeness (QED) is 0.480. The van der Waals surface area contributed by atoms with Crippen LogP contribution in [0.25, 0.3) is 0 Å². The molecular formula is C8H15IN2. The third-order valence-electron chi connectivity index (χ3n) is 2.93. The molecule has 11 heavy (non-hydrogen) atoms. The normalized spacial score (nSPS) is 40.9. The number of rotatable bonds is 0. The molecule has 0 radical (unpaired) electrons. The van der Waals surface area contributed by atoms with Crippen molar-refractivity contribution in [3.63, 3.8) is 0 Å². The molecule has 0 bridgehead atoms. The number of piperidine rings is 1. The van der Waals surface area contributed by atoms with Crippen molar-refractivity contribution in [2.24, 2.45) is 11.8 Å². The van der Waals surface area contributed by atoms with E-state index in [1.54, 1.807) is 0 Å². The van der Waals surface area contributed by atoms with Gasteiger partial charge >= 0.3 is 0 Å². The minimum absolute atomic E-state index is 0.964. The number of nitrogens with zero attached hydrogens (tertiary/aromatic N) is 2. The van der Waals surface area contributed by atoms with Gasteiger partial charge in [-0.1, -0.05) is 0 Å². The van der Waals surface area contributed by atoms with Gasteiger partial charge in [-0.25, -0.2) is 3.11 Å². The molecule has 2 rings (SSSR count). The highest BCUT2D eigenvalue weighted by atomic mass is 127. The molecule has 0 aromatic carbocycles. The average Bonchev–Trinajstić information content (AvgIpc) is 2.27. The Balaban J connectivity index is 1.97. The fourth-order valence-corrected chi connectivity index (χ4v) is 3.14. The third-order valence-corrected chi connectivity index (χ3v) is 3.81. The van der Waals surface area contributed by atoms with Crippen LogP contribution < -0.4 is 0 Å². The summed E-state index contributed by atoms with van der Waals surface area (Å²) >= 11 is 2.45.